The Morgan fingerprint density at radius 1 is 0.414 bits per heavy atom. The molecule has 2 fully saturated rings. The molecule has 308 valence electrons. The fraction of sp³-hybridized carbons (Fsp3) is 0.409. The van der Waals surface area contributed by atoms with E-state index in [1.807, 2.05) is 24.3 Å². The Morgan fingerprint density at radius 3 is 0.914 bits per heavy atom. The molecule has 2 amide bonds. The zero-order chi connectivity index (χ0) is 41.7. The molecular formula is C44H52N2O10P2. The van der Waals surface area contributed by atoms with Crippen molar-refractivity contribution in [3.63, 3.8) is 0 Å². The molecule has 22 rings (SSSR count). The van der Waals surface area contributed by atoms with Crippen molar-refractivity contribution in [3.8, 4) is 23.0 Å². The molecule has 12 bridgehead atoms. The molecule has 0 aliphatic carbocycles. The van der Waals surface area contributed by atoms with Crippen LogP contribution in [0.25, 0.3) is 0 Å². The first-order chi connectivity index (χ1) is 27.1. The third-order valence-corrected chi connectivity index (χ3v) is 14.3. The Labute approximate surface area is 340 Å². The van der Waals surface area contributed by atoms with Crippen LogP contribution in [-0.2, 0) is 39.5 Å². The summed E-state index contributed by atoms with van der Waals surface area (Å²) in [6, 6.07) is 28.1. The minimum Gasteiger partial charge on any atom is -0.457 e. The maximum Gasteiger partial charge on any atom is 0.336 e. The van der Waals surface area contributed by atoms with Gasteiger partial charge < -0.3 is 37.4 Å². The Hall–Kier alpha value is -4.28. The van der Waals surface area contributed by atoms with Crippen LogP contribution >= 0.6 is 15.2 Å². The average Bonchev–Trinajstić information content (AvgIpc) is 3.10. The molecule has 12 nitrogen and oxygen atoms in total. The molecule has 18 heterocycles. The lowest BCUT2D eigenvalue weighted by molar-refractivity contribution is -0.0326. The van der Waals surface area contributed by atoms with E-state index in [0.717, 1.165) is 11.1 Å². The van der Waals surface area contributed by atoms with Crippen molar-refractivity contribution >= 4 is 27.0 Å². The molecule has 2 saturated heterocycles. The number of nitrogens with zero attached hydrogens (tertiary/aromatic N) is 2. The summed E-state index contributed by atoms with van der Waals surface area (Å²) in [6.07, 6.45) is 0.0538. The first-order valence-electron chi connectivity index (χ1n) is 19.4. The van der Waals surface area contributed by atoms with E-state index in [1.54, 1.807) is 138 Å². The van der Waals surface area contributed by atoms with Gasteiger partial charge in [0.05, 0.1) is 60.9 Å². The van der Waals surface area contributed by atoms with Crippen LogP contribution in [0.3, 0.4) is 0 Å². The quantitative estimate of drug-likeness (QED) is 0.158. The second-order valence-electron chi connectivity index (χ2n) is 17.8. The summed E-state index contributed by atoms with van der Waals surface area (Å²) >= 11 is 0. The number of rotatable bonds is 0. The summed E-state index contributed by atoms with van der Waals surface area (Å²) in [7, 11) is -7.42. The largest absolute Gasteiger partial charge is 0.457 e. The number of hydrogen-bond acceptors (Lipinski definition) is 10. The van der Waals surface area contributed by atoms with Gasteiger partial charge in [-0.2, -0.15) is 0 Å². The fourth-order valence-corrected chi connectivity index (χ4v) is 12.7. The molecule has 0 N–H and O–H groups in total. The highest BCUT2D eigenvalue weighted by molar-refractivity contribution is 7.53. The van der Waals surface area contributed by atoms with Crippen molar-refractivity contribution in [1.82, 2.24) is 9.80 Å². The Kier molecular flexibility index (Phi) is 11.1. The Bertz CT molecular complexity index is 2050. The molecular weight excluding hydrogens is 778 g/mol. The second-order valence-corrected chi connectivity index (χ2v) is 21.6. The van der Waals surface area contributed by atoms with Crippen molar-refractivity contribution in [2.24, 2.45) is 0 Å². The standard InChI is InChI=1S/C44H52N2O10P2/c1-41(2)27-45-28-42(3,4)54-57(49,53-41)25-31-9-17-35(18-10-31)51-36-19-11-32(12-20-36)26-58(50)55-43(5,6)29-46(30-44(7,8)56-58)40(48)34-15-23-38(24-16-34)52-37-21-13-33(14-22-37)39(45)47/h9-24H,25-30H2,1-8H3. The molecule has 4 aromatic carbocycles. The van der Waals surface area contributed by atoms with E-state index in [4.69, 9.17) is 27.6 Å². The van der Waals surface area contributed by atoms with E-state index in [1.165, 1.54) is 0 Å². The molecule has 18 aliphatic rings. The van der Waals surface area contributed by atoms with Gasteiger partial charge in [-0.25, -0.2) is 0 Å². The van der Waals surface area contributed by atoms with Crippen LogP contribution in [0.1, 0.15) is 87.2 Å². The maximum absolute atomic E-state index is 14.4. The lowest BCUT2D eigenvalue weighted by Gasteiger charge is -2.43. The van der Waals surface area contributed by atoms with Crippen molar-refractivity contribution < 1.29 is 46.3 Å². The zero-order valence-corrected chi connectivity index (χ0v) is 36.1. The van der Waals surface area contributed by atoms with E-state index >= 15 is 0 Å². The first kappa shape index (κ1) is 41.9. The van der Waals surface area contributed by atoms with E-state index in [-0.39, 0.29) is 50.3 Å². The van der Waals surface area contributed by atoms with Gasteiger partial charge in [0.1, 0.15) is 23.0 Å². The highest BCUT2D eigenvalue weighted by Crippen LogP contribution is 2.59. The average molecular weight is 831 g/mol. The van der Waals surface area contributed by atoms with Gasteiger partial charge in [0.25, 0.3) is 11.8 Å². The van der Waals surface area contributed by atoms with Gasteiger partial charge in [0.2, 0.25) is 0 Å². The second kappa shape index (κ2) is 15.4. The van der Waals surface area contributed by atoms with E-state index < -0.39 is 37.6 Å². The monoisotopic (exact) mass is 830 g/mol. The lowest BCUT2D eigenvalue weighted by atomic mass is 10.0. The topological polar surface area (TPSA) is 130 Å². The highest BCUT2D eigenvalue weighted by atomic mass is 31.2. The van der Waals surface area contributed by atoms with Crippen LogP contribution < -0.4 is 9.47 Å². The van der Waals surface area contributed by atoms with Crippen LogP contribution in [0, 0.1) is 0 Å². The molecule has 4 aromatic rings. The van der Waals surface area contributed by atoms with Crippen molar-refractivity contribution in [2.75, 3.05) is 26.2 Å². The zero-order valence-electron chi connectivity index (χ0n) is 34.4. The summed E-state index contributed by atoms with van der Waals surface area (Å²) in [5.74, 6) is 1.67. The third kappa shape index (κ3) is 10.3. The number of carbonyl (C=O) groups is 2. The SMILES string of the molecule is CC1(C)CN2CC(C)(C)OP(=O)(Cc3ccc(cc3)Oc3ccc(cc3)CP3(=O)OC(C)(C)CN(CC(C)(C)O3)C(=O)c3ccc(cc3)Oc3ccc(cc3)C2=O)O1. The normalized spacial score (nSPS) is 25.7. The molecule has 0 atom stereocenters. The van der Waals surface area contributed by atoms with Crippen molar-refractivity contribution in [2.45, 2.75) is 90.1 Å². The van der Waals surface area contributed by atoms with Gasteiger partial charge >= 0.3 is 15.2 Å². The van der Waals surface area contributed by atoms with E-state index in [2.05, 4.69) is 0 Å². The van der Waals surface area contributed by atoms with Crippen LogP contribution in [0.5, 0.6) is 23.0 Å². The Morgan fingerprint density at radius 2 is 0.655 bits per heavy atom. The third-order valence-electron chi connectivity index (χ3n) is 9.68. The molecule has 0 aromatic heterocycles. The predicted molar refractivity (Wildman–Crippen MR) is 221 cm³/mol. The lowest BCUT2D eigenvalue weighted by Crippen LogP contribution is -2.51. The summed E-state index contributed by atoms with van der Waals surface area (Å²) < 4.78 is 66.2. The number of hydrogen-bond donors (Lipinski definition) is 0. The molecule has 0 unspecified atom stereocenters. The number of benzene rings is 4. The molecule has 14 heteroatoms. The smallest absolute Gasteiger partial charge is 0.336 e. The van der Waals surface area contributed by atoms with Gasteiger partial charge in [-0.15, -0.1) is 0 Å². The van der Waals surface area contributed by atoms with Crippen LogP contribution in [0.2, 0.25) is 0 Å². The summed E-state index contributed by atoms with van der Waals surface area (Å²) in [5, 5.41) is 0. The molecule has 0 spiro atoms. The molecule has 0 saturated carbocycles. The number of amides is 2. The molecule has 18 aliphatic heterocycles. The van der Waals surface area contributed by atoms with Crippen LogP contribution in [0.4, 0.5) is 0 Å². The summed E-state index contributed by atoms with van der Waals surface area (Å²) in [5.41, 5.74) is -1.65. The number of carbonyl (C=O) groups excluding carboxylic acids is 2. The minimum atomic E-state index is -3.71. The predicted octanol–water partition coefficient (Wildman–Crippen LogP) is 10.5. The summed E-state index contributed by atoms with van der Waals surface area (Å²) in [4.78, 5) is 31.2. The minimum absolute atomic E-state index is 0.0269. The summed E-state index contributed by atoms with van der Waals surface area (Å²) in [6.45, 7) is 15.1. The van der Waals surface area contributed by atoms with Gasteiger partial charge in [0, 0.05) is 11.1 Å². The maximum atomic E-state index is 14.4. The number of ether oxygens (including phenoxy) is 2. The van der Waals surface area contributed by atoms with Gasteiger partial charge in [-0.05, 0) is 139 Å². The van der Waals surface area contributed by atoms with Crippen molar-refractivity contribution in [1.29, 1.82) is 0 Å². The van der Waals surface area contributed by atoms with Crippen molar-refractivity contribution in [3.05, 3.63) is 119 Å². The molecule has 58 heavy (non-hydrogen) atoms. The van der Waals surface area contributed by atoms with Gasteiger partial charge in [0.15, 0.2) is 0 Å². The van der Waals surface area contributed by atoms with E-state index in [0.29, 0.717) is 34.1 Å². The Balaban J connectivity index is 1.21. The fourth-order valence-electron chi connectivity index (χ4n) is 7.77. The van der Waals surface area contributed by atoms with Gasteiger partial charge in [-0.1, -0.05) is 24.3 Å². The first-order valence-corrected chi connectivity index (χ1v) is 22.8. The van der Waals surface area contributed by atoms with Gasteiger partial charge in [-0.3, -0.25) is 18.7 Å². The highest BCUT2D eigenvalue weighted by Gasteiger charge is 2.46. The van der Waals surface area contributed by atoms with Crippen LogP contribution in [-0.4, -0.2) is 70.2 Å². The van der Waals surface area contributed by atoms with Crippen LogP contribution in [0.15, 0.2) is 97.1 Å². The molecule has 0 radical (unpaired) electrons. The van der Waals surface area contributed by atoms with E-state index in [9.17, 15) is 18.7 Å².